The van der Waals surface area contributed by atoms with Crippen molar-refractivity contribution in [2.45, 2.75) is 24.7 Å². The smallest absolute Gasteiger partial charge is 0.320 e. The number of halogens is 2. The van der Waals surface area contributed by atoms with Crippen molar-refractivity contribution < 1.29 is 23.4 Å². The summed E-state index contributed by atoms with van der Waals surface area (Å²) in [6.07, 6.45) is 0.220. The van der Waals surface area contributed by atoms with E-state index in [1.807, 2.05) is 0 Å². The van der Waals surface area contributed by atoms with Gasteiger partial charge in [-0.25, -0.2) is 13.6 Å². The second-order valence-corrected chi connectivity index (χ2v) is 4.07. The number of urea groups is 1. The van der Waals surface area contributed by atoms with Crippen molar-refractivity contribution in [3.63, 3.8) is 0 Å². The van der Waals surface area contributed by atoms with E-state index >= 15 is 0 Å². The molecule has 0 spiro atoms. The minimum Gasteiger partial charge on any atom is -0.394 e. The Morgan fingerprint density at radius 3 is 3.00 bits per heavy atom. The maximum absolute atomic E-state index is 13.7. The Kier molecular flexibility index (Phi) is 3.30. The third-order valence-electron chi connectivity index (χ3n) is 2.77. The standard InChI is InChI=1S/C10H14F2N2O3/c11-10(12)5-7(6-15)17-8(10)14-4-2-1-3-13-9(14)16/h1-2,7-8,15H,3-6H2,(H,13,16)/t7-,8-/m0/s1. The Morgan fingerprint density at radius 1 is 1.59 bits per heavy atom. The molecule has 2 aliphatic rings. The highest BCUT2D eigenvalue weighted by Gasteiger charge is 2.53. The Hall–Kier alpha value is -1.21. The van der Waals surface area contributed by atoms with Crippen molar-refractivity contribution in [1.82, 2.24) is 10.2 Å². The highest BCUT2D eigenvalue weighted by Crippen LogP contribution is 2.37. The van der Waals surface area contributed by atoms with E-state index in [-0.39, 0.29) is 6.54 Å². The van der Waals surface area contributed by atoms with Crippen molar-refractivity contribution >= 4 is 6.03 Å². The first-order valence-electron chi connectivity index (χ1n) is 5.38. The van der Waals surface area contributed by atoms with Crippen LogP contribution >= 0.6 is 0 Å². The monoisotopic (exact) mass is 248 g/mol. The first-order chi connectivity index (χ1) is 8.04. The normalized spacial score (nSPS) is 32.4. The van der Waals surface area contributed by atoms with E-state index in [0.29, 0.717) is 6.54 Å². The summed E-state index contributed by atoms with van der Waals surface area (Å²) >= 11 is 0. The first-order valence-corrected chi connectivity index (χ1v) is 5.38. The second kappa shape index (κ2) is 4.58. The van der Waals surface area contributed by atoms with Crippen molar-refractivity contribution in [2.75, 3.05) is 19.7 Å². The van der Waals surface area contributed by atoms with Gasteiger partial charge in [0, 0.05) is 19.5 Å². The molecule has 0 unspecified atom stereocenters. The van der Waals surface area contributed by atoms with Gasteiger partial charge in [-0.1, -0.05) is 12.2 Å². The largest absolute Gasteiger partial charge is 0.394 e. The van der Waals surface area contributed by atoms with Crippen LogP contribution in [-0.2, 0) is 4.74 Å². The van der Waals surface area contributed by atoms with Crippen LogP contribution in [0.1, 0.15) is 6.42 Å². The number of aliphatic hydroxyl groups excluding tert-OH is 1. The third-order valence-corrected chi connectivity index (χ3v) is 2.77. The van der Waals surface area contributed by atoms with Crippen LogP contribution in [0.25, 0.3) is 0 Å². The van der Waals surface area contributed by atoms with Crippen LogP contribution in [0.4, 0.5) is 13.6 Å². The number of nitrogens with one attached hydrogen (secondary N) is 1. The van der Waals surface area contributed by atoms with Crippen LogP contribution in [-0.4, -0.2) is 54.0 Å². The van der Waals surface area contributed by atoms with Crippen molar-refractivity contribution in [2.24, 2.45) is 0 Å². The maximum Gasteiger partial charge on any atom is 0.320 e. The molecule has 2 N–H and O–H groups in total. The van der Waals surface area contributed by atoms with Gasteiger partial charge in [-0.2, -0.15) is 0 Å². The van der Waals surface area contributed by atoms with Crippen LogP contribution in [0, 0.1) is 0 Å². The maximum atomic E-state index is 13.7. The summed E-state index contributed by atoms with van der Waals surface area (Å²) in [7, 11) is 0. The summed E-state index contributed by atoms with van der Waals surface area (Å²) in [5.74, 6) is -3.14. The summed E-state index contributed by atoms with van der Waals surface area (Å²) in [5, 5.41) is 11.3. The Morgan fingerprint density at radius 2 is 2.35 bits per heavy atom. The highest BCUT2D eigenvalue weighted by molar-refractivity contribution is 5.75. The summed E-state index contributed by atoms with van der Waals surface area (Å²) in [5.41, 5.74) is 0. The van der Waals surface area contributed by atoms with Crippen LogP contribution < -0.4 is 5.32 Å². The van der Waals surface area contributed by atoms with Crippen LogP contribution in [0.15, 0.2) is 12.2 Å². The highest BCUT2D eigenvalue weighted by atomic mass is 19.3. The van der Waals surface area contributed by atoms with E-state index in [1.54, 1.807) is 12.2 Å². The van der Waals surface area contributed by atoms with Gasteiger partial charge in [-0.3, -0.25) is 4.90 Å². The fourth-order valence-corrected chi connectivity index (χ4v) is 1.95. The lowest BCUT2D eigenvalue weighted by Crippen LogP contribution is -2.51. The molecule has 2 rings (SSSR count). The second-order valence-electron chi connectivity index (χ2n) is 4.07. The summed E-state index contributed by atoms with van der Waals surface area (Å²) in [4.78, 5) is 12.5. The first kappa shape index (κ1) is 12.3. The van der Waals surface area contributed by atoms with Crippen LogP contribution in [0.5, 0.6) is 0 Å². The quantitative estimate of drug-likeness (QED) is 0.691. The van der Waals surface area contributed by atoms with Gasteiger partial charge in [-0.05, 0) is 0 Å². The van der Waals surface area contributed by atoms with E-state index in [2.05, 4.69) is 5.32 Å². The minimum absolute atomic E-state index is 0.0736. The molecule has 0 saturated carbocycles. The zero-order valence-electron chi connectivity index (χ0n) is 9.10. The summed E-state index contributed by atoms with van der Waals surface area (Å²) in [6, 6.07) is -0.585. The zero-order chi connectivity index (χ0) is 12.5. The predicted molar refractivity (Wildman–Crippen MR) is 54.6 cm³/mol. The molecule has 2 aliphatic heterocycles. The molecule has 1 saturated heterocycles. The number of aliphatic hydroxyl groups is 1. The summed E-state index contributed by atoms with van der Waals surface area (Å²) in [6.45, 7) is -0.0846. The molecule has 2 atom stereocenters. The van der Waals surface area contributed by atoms with E-state index in [4.69, 9.17) is 9.84 Å². The number of alkyl halides is 2. The Labute approximate surface area is 97.0 Å². The van der Waals surface area contributed by atoms with Gasteiger partial charge in [0.2, 0.25) is 0 Å². The van der Waals surface area contributed by atoms with E-state index < -0.39 is 37.3 Å². The van der Waals surface area contributed by atoms with Gasteiger partial charge in [0.25, 0.3) is 5.92 Å². The molecule has 2 heterocycles. The number of hydrogen-bond donors (Lipinski definition) is 2. The average molecular weight is 248 g/mol. The number of hydrogen-bond acceptors (Lipinski definition) is 3. The van der Waals surface area contributed by atoms with Crippen molar-refractivity contribution in [3.05, 3.63) is 12.2 Å². The molecule has 5 nitrogen and oxygen atoms in total. The molecule has 0 aromatic rings. The molecule has 7 heteroatoms. The van der Waals surface area contributed by atoms with Gasteiger partial charge < -0.3 is 15.2 Å². The lowest BCUT2D eigenvalue weighted by atomic mass is 10.2. The zero-order valence-corrected chi connectivity index (χ0v) is 9.10. The molecular formula is C10H14F2N2O3. The van der Waals surface area contributed by atoms with Crippen molar-refractivity contribution in [1.29, 1.82) is 0 Å². The Balaban J connectivity index is 2.14. The predicted octanol–water partition coefficient (Wildman–Crippen LogP) is 0.310. The van der Waals surface area contributed by atoms with Crippen LogP contribution in [0.3, 0.4) is 0 Å². The Bertz CT molecular complexity index is 336. The molecule has 96 valence electrons. The molecule has 0 aromatic carbocycles. The lowest BCUT2D eigenvalue weighted by molar-refractivity contribution is -0.135. The minimum atomic E-state index is -3.14. The van der Waals surface area contributed by atoms with Gasteiger partial charge in [0.15, 0.2) is 6.23 Å². The molecule has 1 fully saturated rings. The van der Waals surface area contributed by atoms with Gasteiger partial charge >= 0.3 is 6.03 Å². The topological polar surface area (TPSA) is 61.8 Å². The molecule has 2 amide bonds. The molecule has 0 aliphatic carbocycles. The third kappa shape index (κ3) is 2.39. The fraction of sp³-hybridized carbons (Fsp3) is 0.700. The molecule has 0 aromatic heterocycles. The number of amides is 2. The van der Waals surface area contributed by atoms with Gasteiger partial charge in [0.1, 0.15) is 0 Å². The fourth-order valence-electron chi connectivity index (χ4n) is 1.95. The molecule has 17 heavy (non-hydrogen) atoms. The number of ether oxygens (including phenoxy) is 1. The van der Waals surface area contributed by atoms with Gasteiger partial charge in [0.05, 0.1) is 12.7 Å². The number of nitrogens with zero attached hydrogens (tertiary/aromatic N) is 1. The SMILES string of the molecule is O=C1NCC=CCN1[C@H]1O[C@H](CO)CC1(F)F. The number of carbonyl (C=O) groups is 1. The number of rotatable bonds is 2. The molecule has 0 radical (unpaired) electrons. The van der Waals surface area contributed by atoms with E-state index in [1.165, 1.54) is 0 Å². The van der Waals surface area contributed by atoms with E-state index in [9.17, 15) is 13.6 Å². The number of carbonyl (C=O) groups excluding carboxylic acids is 1. The van der Waals surface area contributed by atoms with Crippen molar-refractivity contribution in [3.8, 4) is 0 Å². The molecular weight excluding hydrogens is 234 g/mol. The van der Waals surface area contributed by atoms with Gasteiger partial charge in [-0.15, -0.1) is 0 Å². The van der Waals surface area contributed by atoms with E-state index in [0.717, 1.165) is 4.90 Å². The molecule has 0 bridgehead atoms. The van der Waals surface area contributed by atoms with Crippen LogP contribution in [0.2, 0.25) is 0 Å². The average Bonchev–Trinajstić information content (AvgIpc) is 2.45. The lowest BCUT2D eigenvalue weighted by Gasteiger charge is -2.29. The summed E-state index contributed by atoms with van der Waals surface area (Å²) < 4.78 is 32.3.